The molecule has 0 aliphatic heterocycles. The molecule has 0 bridgehead atoms. The molecule has 1 heterocycles. The molecule has 0 saturated carbocycles. The Labute approximate surface area is 184 Å². The molecule has 0 fully saturated rings. The molecule has 0 saturated heterocycles. The van der Waals surface area contributed by atoms with E-state index in [0.29, 0.717) is 28.4 Å². The van der Waals surface area contributed by atoms with E-state index in [4.69, 9.17) is 5.73 Å². The number of nitrogens with zero attached hydrogens (tertiary/aromatic N) is 1. The van der Waals surface area contributed by atoms with Crippen molar-refractivity contribution in [3.05, 3.63) is 70.9 Å². The van der Waals surface area contributed by atoms with E-state index in [1.54, 1.807) is 25.1 Å². The molecular weight excluding hydrogens is 418 g/mol. The number of benzene rings is 2. The zero-order valence-corrected chi connectivity index (χ0v) is 18.2. The number of nitrogen functional groups attached to an aromatic ring is 1. The molecule has 2 N–H and O–H groups in total. The molecular formula is C24H24F2N2O4. The van der Waals surface area contributed by atoms with E-state index >= 15 is 0 Å². The first-order valence-corrected chi connectivity index (χ1v) is 9.52. The van der Waals surface area contributed by atoms with Gasteiger partial charge in [-0.1, -0.05) is 18.2 Å². The molecule has 0 unspecified atom stereocenters. The number of ketones is 3. The van der Waals surface area contributed by atoms with Gasteiger partial charge in [-0.15, -0.1) is 0 Å². The quantitative estimate of drug-likeness (QED) is 0.273. The van der Waals surface area contributed by atoms with Gasteiger partial charge in [-0.25, -0.2) is 13.8 Å². The van der Waals surface area contributed by atoms with Gasteiger partial charge >= 0.3 is 0 Å². The Bertz CT molecular complexity index is 1150. The highest BCUT2D eigenvalue weighted by Gasteiger charge is 2.09. The van der Waals surface area contributed by atoms with E-state index in [0.717, 1.165) is 0 Å². The minimum absolute atomic E-state index is 0.0499. The average molecular weight is 442 g/mol. The first kappa shape index (κ1) is 26.2. The third kappa shape index (κ3) is 7.79. The van der Waals surface area contributed by atoms with E-state index < -0.39 is 5.82 Å². The molecule has 0 radical (unpaired) electrons. The molecule has 3 rings (SSSR count). The van der Waals surface area contributed by atoms with E-state index in [9.17, 15) is 28.0 Å². The van der Waals surface area contributed by atoms with Crippen LogP contribution >= 0.6 is 0 Å². The van der Waals surface area contributed by atoms with Crippen LogP contribution in [0.4, 0.5) is 14.5 Å². The van der Waals surface area contributed by atoms with Gasteiger partial charge in [-0.05, 0) is 52.0 Å². The summed E-state index contributed by atoms with van der Waals surface area (Å²) < 4.78 is 25.8. The predicted octanol–water partition coefficient (Wildman–Crippen LogP) is 4.66. The first-order valence-electron chi connectivity index (χ1n) is 9.52. The summed E-state index contributed by atoms with van der Waals surface area (Å²) in [7, 11) is 0. The third-order valence-corrected chi connectivity index (χ3v) is 4.08. The third-order valence-electron chi connectivity index (χ3n) is 4.08. The molecule has 32 heavy (non-hydrogen) atoms. The van der Waals surface area contributed by atoms with Gasteiger partial charge in [0.15, 0.2) is 12.1 Å². The zero-order valence-electron chi connectivity index (χ0n) is 18.2. The number of fused-ring (bicyclic) bond motifs is 1. The summed E-state index contributed by atoms with van der Waals surface area (Å²) in [5.74, 6) is -1.08. The summed E-state index contributed by atoms with van der Waals surface area (Å²) in [5.41, 5.74) is 6.73. The number of carbonyl (C=O) groups excluding carboxylic acids is 4. The number of anilines is 1. The SMILES string of the molecule is CC(=O)CC(C)=O.CC(=O)c1cc2cccc(F)c2nc1C.Nc1c(F)cccc1C=O. The maximum Gasteiger partial charge on any atom is 0.161 e. The molecule has 8 heteroatoms. The number of aromatic nitrogens is 1. The van der Waals surface area contributed by atoms with Crippen molar-refractivity contribution in [2.24, 2.45) is 0 Å². The monoisotopic (exact) mass is 442 g/mol. The molecule has 2 aromatic carbocycles. The van der Waals surface area contributed by atoms with Crippen LogP contribution in [0.1, 0.15) is 53.6 Å². The number of nitrogens with two attached hydrogens (primary N) is 1. The van der Waals surface area contributed by atoms with E-state index in [1.165, 1.54) is 45.0 Å². The summed E-state index contributed by atoms with van der Waals surface area (Å²) in [6, 6.07) is 10.5. The molecule has 0 amide bonds. The van der Waals surface area contributed by atoms with Crippen molar-refractivity contribution < 1.29 is 28.0 Å². The number of aldehydes is 1. The Kier molecular flexibility index (Phi) is 9.95. The number of hydrogen-bond acceptors (Lipinski definition) is 6. The summed E-state index contributed by atoms with van der Waals surface area (Å²) in [4.78, 5) is 45.6. The van der Waals surface area contributed by atoms with Gasteiger partial charge in [0.05, 0.1) is 12.1 Å². The number of para-hydroxylation sites is 2. The van der Waals surface area contributed by atoms with Gasteiger partial charge in [-0.2, -0.15) is 0 Å². The number of aryl methyl sites for hydroxylation is 1. The summed E-state index contributed by atoms with van der Waals surface area (Å²) in [6.45, 7) is 6.00. The van der Waals surface area contributed by atoms with Crippen molar-refractivity contribution in [3.8, 4) is 0 Å². The van der Waals surface area contributed by atoms with E-state index in [-0.39, 0.29) is 40.8 Å². The molecule has 0 atom stereocenters. The van der Waals surface area contributed by atoms with Gasteiger partial charge in [0, 0.05) is 22.2 Å². The van der Waals surface area contributed by atoms with Crippen LogP contribution in [0.2, 0.25) is 0 Å². The smallest absolute Gasteiger partial charge is 0.161 e. The van der Waals surface area contributed by atoms with Gasteiger partial charge < -0.3 is 5.73 Å². The fourth-order valence-corrected chi connectivity index (χ4v) is 2.62. The number of pyridine rings is 1. The summed E-state index contributed by atoms with van der Waals surface area (Å²) >= 11 is 0. The summed E-state index contributed by atoms with van der Waals surface area (Å²) in [6.07, 6.45) is 0.610. The average Bonchev–Trinajstić information content (AvgIpc) is 2.70. The number of halogens is 2. The molecule has 1 aromatic heterocycles. The Hall–Kier alpha value is -3.81. The van der Waals surface area contributed by atoms with Crippen molar-refractivity contribution in [2.45, 2.75) is 34.1 Å². The highest BCUT2D eigenvalue weighted by molar-refractivity contribution is 5.98. The lowest BCUT2D eigenvalue weighted by molar-refractivity contribution is -0.124. The molecule has 168 valence electrons. The topological polar surface area (TPSA) is 107 Å². The highest BCUT2D eigenvalue weighted by Crippen LogP contribution is 2.19. The van der Waals surface area contributed by atoms with Crippen molar-refractivity contribution in [3.63, 3.8) is 0 Å². The summed E-state index contributed by atoms with van der Waals surface area (Å²) in [5, 5.41) is 0.658. The Morgan fingerprint density at radius 3 is 2.00 bits per heavy atom. The lowest BCUT2D eigenvalue weighted by Crippen LogP contribution is -1.99. The van der Waals surface area contributed by atoms with Crippen molar-refractivity contribution in [1.29, 1.82) is 0 Å². The fraction of sp³-hybridized carbons (Fsp3) is 0.208. The second-order valence-electron chi connectivity index (χ2n) is 6.93. The fourth-order valence-electron chi connectivity index (χ4n) is 2.62. The van der Waals surface area contributed by atoms with Gasteiger partial charge in [-0.3, -0.25) is 19.2 Å². The maximum absolute atomic E-state index is 13.4. The number of Topliss-reactive ketones (excluding diaryl/α,β-unsaturated/α-hetero) is 3. The van der Waals surface area contributed by atoms with Gasteiger partial charge in [0.1, 0.15) is 28.7 Å². The minimum Gasteiger partial charge on any atom is -0.396 e. The zero-order chi connectivity index (χ0) is 24.4. The predicted molar refractivity (Wildman–Crippen MR) is 119 cm³/mol. The van der Waals surface area contributed by atoms with Crippen LogP contribution in [0.15, 0.2) is 42.5 Å². The van der Waals surface area contributed by atoms with Gasteiger partial charge in [0.25, 0.3) is 0 Å². The number of hydrogen-bond donors (Lipinski definition) is 1. The molecule has 3 aromatic rings. The van der Waals surface area contributed by atoms with E-state index in [2.05, 4.69) is 4.98 Å². The van der Waals surface area contributed by atoms with Crippen LogP contribution in [0.25, 0.3) is 10.9 Å². The maximum atomic E-state index is 13.4. The van der Waals surface area contributed by atoms with Crippen molar-refractivity contribution in [2.75, 3.05) is 5.73 Å². The number of carbonyl (C=O) groups is 4. The minimum atomic E-state index is -0.551. The molecule has 0 aliphatic carbocycles. The Balaban J connectivity index is 0.000000262. The van der Waals surface area contributed by atoms with Crippen molar-refractivity contribution in [1.82, 2.24) is 4.98 Å². The van der Waals surface area contributed by atoms with Crippen LogP contribution in [-0.2, 0) is 9.59 Å². The normalized spacial score (nSPS) is 9.69. The standard InChI is InChI=1S/C12H10FNO.C7H6FNO.C5H8O2/c1-7-10(8(2)15)6-9-4-3-5-11(13)12(9)14-7;8-6-3-1-2-5(4-10)7(6)9;1-4(6)3-5(2)7/h3-6H,1-2H3;1-4H,9H2;3H2,1-2H3. The number of rotatable bonds is 4. The lowest BCUT2D eigenvalue weighted by Gasteiger charge is -2.04. The Morgan fingerprint density at radius 1 is 0.969 bits per heavy atom. The van der Waals surface area contributed by atoms with Crippen molar-refractivity contribution >= 4 is 40.2 Å². The lowest BCUT2D eigenvalue weighted by atomic mass is 10.1. The highest BCUT2D eigenvalue weighted by atomic mass is 19.1. The van der Waals surface area contributed by atoms with Crippen LogP contribution in [0.5, 0.6) is 0 Å². The molecule has 6 nitrogen and oxygen atoms in total. The first-order chi connectivity index (χ1) is 15.0. The van der Waals surface area contributed by atoms with Crippen LogP contribution < -0.4 is 5.73 Å². The van der Waals surface area contributed by atoms with E-state index in [1.807, 2.05) is 0 Å². The Morgan fingerprint density at radius 2 is 1.53 bits per heavy atom. The largest absolute Gasteiger partial charge is 0.396 e. The molecule has 0 aliphatic rings. The van der Waals surface area contributed by atoms with Crippen LogP contribution in [-0.4, -0.2) is 28.6 Å². The second-order valence-corrected chi connectivity index (χ2v) is 6.93. The van der Waals surface area contributed by atoms with Gasteiger partial charge in [0.2, 0.25) is 0 Å². The van der Waals surface area contributed by atoms with Crippen LogP contribution in [0.3, 0.4) is 0 Å². The second kappa shape index (κ2) is 12.1. The van der Waals surface area contributed by atoms with Crippen LogP contribution in [0, 0.1) is 18.6 Å². The molecule has 0 spiro atoms.